The standard InChI is InChI=1S/C6H4Cl2.C3H6O2/c7-5-3-1-2-4-6(5)8;1-2-3(4)5/h1-4H;2H2,1H3,(H,4,5). The summed E-state index contributed by atoms with van der Waals surface area (Å²) >= 11 is 11.2. The molecule has 1 aromatic rings. The van der Waals surface area contributed by atoms with Gasteiger partial charge in [-0.1, -0.05) is 42.3 Å². The number of aliphatic carboxylic acids is 1. The Hall–Kier alpha value is -0.730. The normalized spacial score (nSPS) is 8.54. The molecule has 0 unspecified atom stereocenters. The van der Waals surface area contributed by atoms with Crippen LogP contribution in [0.4, 0.5) is 0 Å². The van der Waals surface area contributed by atoms with Crippen LogP contribution in [-0.2, 0) is 4.79 Å². The first kappa shape index (κ1) is 12.3. The van der Waals surface area contributed by atoms with Crippen LogP contribution in [0.15, 0.2) is 24.3 Å². The van der Waals surface area contributed by atoms with Crippen LogP contribution in [0.5, 0.6) is 0 Å². The molecule has 1 aromatic carbocycles. The van der Waals surface area contributed by atoms with E-state index in [0.717, 1.165) is 0 Å². The fraction of sp³-hybridized carbons (Fsp3) is 0.222. The largest absolute Gasteiger partial charge is 0.481 e. The van der Waals surface area contributed by atoms with Crippen LogP contribution in [0.1, 0.15) is 13.3 Å². The number of carboxylic acid groups (broad SMARTS) is 1. The summed E-state index contributed by atoms with van der Waals surface area (Å²) in [7, 11) is 0. The second-order valence-electron chi connectivity index (χ2n) is 2.16. The summed E-state index contributed by atoms with van der Waals surface area (Å²) in [6.07, 6.45) is 0.222. The van der Waals surface area contributed by atoms with Crippen molar-refractivity contribution in [2.75, 3.05) is 0 Å². The molecule has 1 rings (SSSR count). The summed E-state index contributed by atoms with van der Waals surface area (Å²) in [6.45, 7) is 1.60. The van der Waals surface area contributed by atoms with Crippen LogP contribution in [0.3, 0.4) is 0 Å². The number of carbonyl (C=O) groups is 1. The maximum atomic E-state index is 9.37. The summed E-state index contributed by atoms with van der Waals surface area (Å²) in [5, 5.41) is 8.93. The van der Waals surface area contributed by atoms with Gasteiger partial charge in [0.05, 0.1) is 10.0 Å². The Kier molecular flexibility index (Phi) is 6.37. The summed E-state index contributed by atoms with van der Waals surface area (Å²) in [5.41, 5.74) is 0. The second kappa shape index (κ2) is 6.75. The van der Waals surface area contributed by atoms with Crippen molar-refractivity contribution in [1.82, 2.24) is 0 Å². The molecule has 0 aliphatic carbocycles. The van der Waals surface area contributed by atoms with E-state index in [9.17, 15) is 4.79 Å². The lowest BCUT2D eigenvalue weighted by Crippen LogP contribution is -1.86. The molecule has 2 nitrogen and oxygen atoms in total. The van der Waals surface area contributed by atoms with Crippen molar-refractivity contribution in [2.24, 2.45) is 0 Å². The van der Waals surface area contributed by atoms with E-state index < -0.39 is 5.97 Å². The van der Waals surface area contributed by atoms with Crippen LogP contribution < -0.4 is 0 Å². The summed E-state index contributed by atoms with van der Waals surface area (Å²) < 4.78 is 0. The minimum absolute atomic E-state index is 0.222. The van der Waals surface area contributed by atoms with Crippen molar-refractivity contribution in [3.8, 4) is 0 Å². The van der Waals surface area contributed by atoms with Crippen molar-refractivity contribution in [3.05, 3.63) is 34.3 Å². The minimum atomic E-state index is -0.745. The smallest absolute Gasteiger partial charge is 0.303 e. The lowest BCUT2D eigenvalue weighted by atomic mass is 10.4. The number of rotatable bonds is 1. The number of benzene rings is 1. The third-order valence-electron chi connectivity index (χ3n) is 1.13. The van der Waals surface area contributed by atoms with Gasteiger partial charge in [-0.2, -0.15) is 0 Å². The molecule has 0 saturated heterocycles. The molecule has 0 aliphatic heterocycles. The molecule has 72 valence electrons. The first-order chi connectivity index (χ1) is 6.07. The highest BCUT2D eigenvalue weighted by atomic mass is 35.5. The van der Waals surface area contributed by atoms with E-state index in [-0.39, 0.29) is 6.42 Å². The molecular weight excluding hydrogens is 211 g/mol. The van der Waals surface area contributed by atoms with Crippen molar-refractivity contribution < 1.29 is 9.90 Å². The van der Waals surface area contributed by atoms with Gasteiger partial charge in [-0.15, -0.1) is 0 Å². The van der Waals surface area contributed by atoms with E-state index in [1.807, 2.05) is 12.1 Å². The molecular formula is C9H10Cl2O2. The Labute approximate surface area is 87.1 Å². The lowest BCUT2D eigenvalue weighted by Gasteiger charge is -1.88. The zero-order valence-electron chi connectivity index (χ0n) is 7.13. The highest BCUT2D eigenvalue weighted by Gasteiger charge is 1.89. The van der Waals surface area contributed by atoms with Gasteiger partial charge in [-0.3, -0.25) is 4.79 Å². The molecule has 0 saturated carbocycles. The maximum Gasteiger partial charge on any atom is 0.303 e. The van der Waals surface area contributed by atoms with Crippen molar-refractivity contribution in [2.45, 2.75) is 13.3 Å². The molecule has 13 heavy (non-hydrogen) atoms. The van der Waals surface area contributed by atoms with Crippen molar-refractivity contribution in [1.29, 1.82) is 0 Å². The fourth-order valence-electron chi connectivity index (χ4n) is 0.439. The van der Waals surface area contributed by atoms with Gasteiger partial charge >= 0.3 is 5.97 Å². The Bertz CT molecular complexity index is 253. The van der Waals surface area contributed by atoms with Gasteiger partial charge in [0.15, 0.2) is 0 Å². The van der Waals surface area contributed by atoms with Gasteiger partial charge in [0.25, 0.3) is 0 Å². The first-order valence-electron chi connectivity index (χ1n) is 3.69. The van der Waals surface area contributed by atoms with E-state index in [1.165, 1.54) is 0 Å². The predicted molar refractivity (Wildman–Crippen MR) is 54.4 cm³/mol. The predicted octanol–water partition coefficient (Wildman–Crippen LogP) is 3.47. The third-order valence-corrected chi connectivity index (χ3v) is 1.88. The van der Waals surface area contributed by atoms with E-state index in [0.29, 0.717) is 10.0 Å². The van der Waals surface area contributed by atoms with Gasteiger partial charge in [0, 0.05) is 6.42 Å². The molecule has 0 aliphatic rings. The molecule has 4 heteroatoms. The maximum absolute atomic E-state index is 9.37. The Morgan fingerprint density at radius 1 is 1.31 bits per heavy atom. The van der Waals surface area contributed by atoms with Crippen molar-refractivity contribution in [3.63, 3.8) is 0 Å². The number of hydrogen-bond acceptors (Lipinski definition) is 1. The van der Waals surface area contributed by atoms with Crippen LogP contribution in [0, 0.1) is 0 Å². The van der Waals surface area contributed by atoms with Crippen molar-refractivity contribution >= 4 is 29.2 Å². The third kappa shape index (κ3) is 6.43. The minimum Gasteiger partial charge on any atom is -0.481 e. The van der Waals surface area contributed by atoms with Crippen LogP contribution in [-0.4, -0.2) is 11.1 Å². The molecule has 0 radical (unpaired) electrons. The average molecular weight is 221 g/mol. The lowest BCUT2D eigenvalue weighted by molar-refractivity contribution is -0.136. The average Bonchev–Trinajstić information content (AvgIpc) is 2.11. The molecule has 0 atom stereocenters. The number of halogens is 2. The molecule has 0 spiro atoms. The highest BCUT2D eigenvalue weighted by molar-refractivity contribution is 6.41. The number of hydrogen-bond donors (Lipinski definition) is 1. The Balaban J connectivity index is 0.000000252. The molecule has 0 amide bonds. The molecule has 0 aromatic heterocycles. The van der Waals surface area contributed by atoms with Gasteiger partial charge in [0.1, 0.15) is 0 Å². The summed E-state index contributed by atoms with van der Waals surface area (Å²) in [4.78, 5) is 9.37. The molecule has 0 fully saturated rings. The van der Waals surface area contributed by atoms with E-state index in [2.05, 4.69) is 0 Å². The zero-order valence-corrected chi connectivity index (χ0v) is 8.64. The summed E-state index contributed by atoms with van der Waals surface area (Å²) in [5.74, 6) is -0.745. The fourth-order valence-corrected chi connectivity index (χ4v) is 0.711. The van der Waals surface area contributed by atoms with Gasteiger partial charge in [-0.05, 0) is 12.1 Å². The topological polar surface area (TPSA) is 37.3 Å². The van der Waals surface area contributed by atoms with E-state index >= 15 is 0 Å². The van der Waals surface area contributed by atoms with E-state index in [4.69, 9.17) is 28.3 Å². The van der Waals surface area contributed by atoms with E-state index in [1.54, 1.807) is 19.1 Å². The number of carboxylic acids is 1. The zero-order chi connectivity index (χ0) is 10.3. The molecule has 1 N–H and O–H groups in total. The van der Waals surface area contributed by atoms with Gasteiger partial charge in [0.2, 0.25) is 0 Å². The Morgan fingerprint density at radius 3 is 1.77 bits per heavy atom. The monoisotopic (exact) mass is 220 g/mol. The van der Waals surface area contributed by atoms with Crippen LogP contribution >= 0.6 is 23.2 Å². The Morgan fingerprint density at radius 2 is 1.62 bits per heavy atom. The van der Waals surface area contributed by atoms with Gasteiger partial charge < -0.3 is 5.11 Å². The van der Waals surface area contributed by atoms with Crippen LogP contribution in [0.2, 0.25) is 10.0 Å². The van der Waals surface area contributed by atoms with Crippen LogP contribution in [0.25, 0.3) is 0 Å². The SMILES string of the molecule is CCC(=O)O.Clc1ccccc1Cl. The summed E-state index contributed by atoms with van der Waals surface area (Å²) in [6, 6.07) is 7.19. The van der Waals surface area contributed by atoms with Gasteiger partial charge in [-0.25, -0.2) is 0 Å². The highest BCUT2D eigenvalue weighted by Crippen LogP contribution is 2.19. The molecule has 0 bridgehead atoms. The second-order valence-corrected chi connectivity index (χ2v) is 2.98. The first-order valence-corrected chi connectivity index (χ1v) is 4.45. The quantitative estimate of drug-likeness (QED) is 0.788. The molecule has 0 heterocycles.